The first kappa shape index (κ1) is 15.7. The molecule has 0 unspecified atom stereocenters. The molecule has 1 N–H and O–H groups in total. The van der Waals surface area contributed by atoms with Crippen LogP contribution in [0.5, 0.6) is 5.75 Å². The predicted octanol–water partition coefficient (Wildman–Crippen LogP) is 4.07. The van der Waals surface area contributed by atoms with E-state index in [0.717, 1.165) is 11.3 Å². The zero-order valence-corrected chi connectivity index (χ0v) is 12.0. The van der Waals surface area contributed by atoms with Gasteiger partial charge in [-0.1, -0.05) is 17.7 Å². The second-order valence-corrected chi connectivity index (χ2v) is 5.25. The molecule has 0 atom stereocenters. The van der Waals surface area contributed by atoms with Crippen molar-refractivity contribution in [2.75, 3.05) is 0 Å². The van der Waals surface area contributed by atoms with E-state index in [0.29, 0.717) is 5.56 Å². The number of hydrogen-bond donors (Lipinski definition) is 1. The number of ether oxygens (including phenoxy) is 1. The zero-order chi connectivity index (χ0) is 15.4. The second-order valence-electron chi connectivity index (χ2n) is 3.92. The maximum absolute atomic E-state index is 13.0. The van der Waals surface area contributed by atoms with Gasteiger partial charge in [-0.2, -0.15) is 8.78 Å². The van der Waals surface area contributed by atoms with Crippen LogP contribution in [-0.2, 0) is 6.54 Å². The summed E-state index contributed by atoms with van der Waals surface area (Å²) in [6.07, 6.45) is 0. The van der Waals surface area contributed by atoms with Gasteiger partial charge >= 0.3 is 6.61 Å². The maximum atomic E-state index is 13.0. The number of nitrogens with one attached hydrogen (secondary N) is 1. The Labute approximate surface area is 127 Å². The average Bonchev–Trinajstić information content (AvgIpc) is 2.87. The van der Waals surface area contributed by atoms with E-state index < -0.39 is 18.3 Å². The predicted molar refractivity (Wildman–Crippen MR) is 73.5 cm³/mol. The van der Waals surface area contributed by atoms with Crippen molar-refractivity contribution in [1.82, 2.24) is 5.32 Å². The lowest BCUT2D eigenvalue weighted by molar-refractivity contribution is -0.0498. The van der Waals surface area contributed by atoms with Gasteiger partial charge in [0.25, 0.3) is 5.91 Å². The smallest absolute Gasteiger partial charge is 0.387 e. The van der Waals surface area contributed by atoms with Crippen molar-refractivity contribution in [3.63, 3.8) is 0 Å². The summed E-state index contributed by atoms with van der Waals surface area (Å²) in [6, 6.07) is 5.31. The van der Waals surface area contributed by atoms with Gasteiger partial charge in [-0.25, -0.2) is 4.39 Å². The number of amides is 1. The molecule has 0 aliphatic heterocycles. The van der Waals surface area contributed by atoms with Gasteiger partial charge in [-0.15, -0.1) is 11.3 Å². The van der Waals surface area contributed by atoms with Crippen LogP contribution in [0, 0.1) is 5.82 Å². The van der Waals surface area contributed by atoms with Crippen LogP contribution in [0.1, 0.15) is 15.2 Å². The van der Waals surface area contributed by atoms with Crippen molar-refractivity contribution in [2.24, 2.45) is 0 Å². The van der Waals surface area contributed by atoms with Crippen molar-refractivity contribution in [3.8, 4) is 5.75 Å². The van der Waals surface area contributed by atoms with Crippen LogP contribution in [0.3, 0.4) is 0 Å². The Morgan fingerprint density at radius 2 is 2.14 bits per heavy atom. The third-order valence-electron chi connectivity index (χ3n) is 2.49. The van der Waals surface area contributed by atoms with E-state index in [-0.39, 0.29) is 22.2 Å². The highest BCUT2D eigenvalue weighted by Crippen LogP contribution is 2.26. The molecular formula is C13H9ClF3NO2S. The maximum Gasteiger partial charge on any atom is 0.387 e. The molecule has 1 heterocycles. The molecule has 21 heavy (non-hydrogen) atoms. The van der Waals surface area contributed by atoms with E-state index in [2.05, 4.69) is 10.1 Å². The number of halogens is 4. The molecule has 1 amide bonds. The Balaban J connectivity index is 2.01. The molecule has 0 saturated carbocycles. The number of carbonyl (C=O) groups is 1. The molecule has 0 aliphatic carbocycles. The third kappa shape index (κ3) is 4.12. The van der Waals surface area contributed by atoms with Gasteiger partial charge in [-0.3, -0.25) is 4.79 Å². The first-order valence-corrected chi connectivity index (χ1v) is 6.97. The van der Waals surface area contributed by atoms with Crippen molar-refractivity contribution in [3.05, 3.63) is 50.9 Å². The molecule has 0 spiro atoms. The van der Waals surface area contributed by atoms with Gasteiger partial charge in [0.1, 0.15) is 16.4 Å². The van der Waals surface area contributed by atoms with Gasteiger partial charge in [0.05, 0.1) is 5.02 Å². The molecule has 0 aliphatic rings. The Morgan fingerprint density at radius 1 is 1.38 bits per heavy atom. The van der Waals surface area contributed by atoms with Gasteiger partial charge in [-0.05, 0) is 29.1 Å². The first-order chi connectivity index (χ1) is 9.97. The van der Waals surface area contributed by atoms with E-state index in [1.165, 1.54) is 29.6 Å². The van der Waals surface area contributed by atoms with Crippen LogP contribution in [-0.4, -0.2) is 12.5 Å². The van der Waals surface area contributed by atoms with Crippen molar-refractivity contribution in [2.45, 2.75) is 13.2 Å². The number of hydrogen-bond acceptors (Lipinski definition) is 3. The highest BCUT2D eigenvalue weighted by Gasteiger charge is 2.17. The summed E-state index contributed by atoms with van der Waals surface area (Å²) in [4.78, 5) is 11.9. The minimum Gasteiger partial charge on any atom is -0.433 e. The molecule has 3 nitrogen and oxygen atoms in total. The molecule has 2 aromatic rings. The first-order valence-electron chi connectivity index (χ1n) is 5.72. The van der Waals surface area contributed by atoms with Crippen molar-refractivity contribution in [1.29, 1.82) is 0 Å². The SMILES string of the molecule is O=C(NCc1ccc(F)c(Cl)c1)c1sccc1OC(F)F. The van der Waals surface area contributed by atoms with Gasteiger partial charge in [0.2, 0.25) is 0 Å². The normalized spacial score (nSPS) is 10.7. The molecule has 1 aromatic heterocycles. The Kier molecular flexibility index (Phi) is 5.08. The van der Waals surface area contributed by atoms with Crippen LogP contribution in [0.2, 0.25) is 5.02 Å². The molecule has 112 valence electrons. The number of thiophene rings is 1. The van der Waals surface area contributed by atoms with E-state index in [9.17, 15) is 18.0 Å². The zero-order valence-electron chi connectivity index (χ0n) is 10.4. The summed E-state index contributed by atoms with van der Waals surface area (Å²) < 4.78 is 41.6. The second kappa shape index (κ2) is 6.82. The monoisotopic (exact) mass is 335 g/mol. The van der Waals surface area contributed by atoms with Gasteiger partial charge in [0, 0.05) is 6.54 Å². The summed E-state index contributed by atoms with van der Waals surface area (Å²) in [6.45, 7) is -2.91. The highest BCUT2D eigenvalue weighted by atomic mass is 35.5. The standard InChI is InChI=1S/C13H9ClF3NO2S/c14-8-5-7(1-2-9(8)15)6-18-12(19)11-10(3-4-21-11)20-13(16)17/h1-5,13H,6H2,(H,18,19). The molecular weight excluding hydrogens is 327 g/mol. The number of alkyl halides is 2. The van der Waals surface area contributed by atoms with Crippen LogP contribution >= 0.6 is 22.9 Å². The van der Waals surface area contributed by atoms with Crippen molar-refractivity contribution < 1.29 is 22.7 Å². The fourth-order valence-corrected chi connectivity index (χ4v) is 2.51. The minimum absolute atomic E-state index is 0.0449. The molecule has 0 radical (unpaired) electrons. The van der Waals surface area contributed by atoms with Crippen LogP contribution in [0.4, 0.5) is 13.2 Å². The van der Waals surface area contributed by atoms with E-state index in [1.807, 2.05) is 0 Å². The van der Waals surface area contributed by atoms with Gasteiger partial charge < -0.3 is 10.1 Å². The summed E-state index contributed by atoms with van der Waals surface area (Å²) in [7, 11) is 0. The largest absolute Gasteiger partial charge is 0.433 e. The number of carbonyl (C=O) groups excluding carboxylic acids is 1. The van der Waals surface area contributed by atoms with Crippen molar-refractivity contribution >= 4 is 28.8 Å². The number of rotatable bonds is 5. The minimum atomic E-state index is -3.00. The highest BCUT2D eigenvalue weighted by molar-refractivity contribution is 7.12. The van der Waals surface area contributed by atoms with E-state index in [1.54, 1.807) is 0 Å². The summed E-state index contributed by atoms with van der Waals surface area (Å²) in [5.41, 5.74) is 0.586. The summed E-state index contributed by atoms with van der Waals surface area (Å²) >= 11 is 6.61. The quantitative estimate of drug-likeness (QED) is 0.894. The Bertz CT molecular complexity index is 648. The summed E-state index contributed by atoms with van der Waals surface area (Å²) in [5, 5.41) is 3.94. The molecule has 1 aromatic carbocycles. The summed E-state index contributed by atoms with van der Waals surface area (Å²) in [5.74, 6) is -1.29. The van der Waals surface area contributed by atoms with Crippen LogP contribution in [0.15, 0.2) is 29.6 Å². The lowest BCUT2D eigenvalue weighted by atomic mass is 10.2. The average molecular weight is 336 g/mol. The van der Waals surface area contributed by atoms with Crippen LogP contribution in [0.25, 0.3) is 0 Å². The van der Waals surface area contributed by atoms with E-state index in [4.69, 9.17) is 11.6 Å². The third-order valence-corrected chi connectivity index (χ3v) is 3.67. The molecule has 0 saturated heterocycles. The molecule has 8 heteroatoms. The molecule has 0 fully saturated rings. The fraction of sp³-hybridized carbons (Fsp3) is 0.154. The topological polar surface area (TPSA) is 38.3 Å². The van der Waals surface area contributed by atoms with Gasteiger partial charge in [0.15, 0.2) is 0 Å². The Morgan fingerprint density at radius 3 is 2.81 bits per heavy atom. The molecule has 2 rings (SSSR count). The van der Waals surface area contributed by atoms with E-state index >= 15 is 0 Å². The fourth-order valence-electron chi connectivity index (χ4n) is 1.56. The Hall–Kier alpha value is -1.73. The molecule has 0 bridgehead atoms. The lowest BCUT2D eigenvalue weighted by Crippen LogP contribution is -2.22. The lowest BCUT2D eigenvalue weighted by Gasteiger charge is -2.07. The van der Waals surface area contributed by atoms with Crippen LogP contribution < -0.4 is 10.1 Å². The number of benzene rings is 1.